The molecule has 21 heavy (non-hydrogen) atoms. The van der Waals surface area contributed by atoms with Gasteiger partial charge in [0.1, 0.15) is 18.8 Å². The molecule has 0 unspecified atom stereocenters. The van der Waals surface area contributed by atoms with Gasteiger partial charge in [0.2, 0.25) is 0 Å². The molecule has 0 aliphatic carbocycles. The molecule has 0 aromatic heterocycles. The summed E-state index contributed by atoms with van der Waals surface area (Å²) in [7, 11) is 1.34. The SMILES string of the molecule is COC(=O)CC[C@H]1CC[C@H](OC(C)=O)[C@@H](COC(C)=O)O1. The molecule has 0 bridgehead atoms. The fraction of sp³-hybridized carbons (Fsp3) is 0.786. The number of esters is 3. The van der Waals surface area contributed by atoms with Crippen LogP contribution in [-0.4, -0.2) is 49.9 Å². The predicted molar refractivity (Wildman–Crippen MR) is 71.3 cm³/mol. The van der Waals surface area contributed by atoms with Crippen molar-refractivity contribution in [1.29, 1.82) is 0 Å². The van der Waals surface area contributed by atoms with Crippen LogP contribution in [0.4, 0.5) is 0 Å². The van der Waals surface area contributed by atoms with E-state index in [0.29, 0.717) is 19.3 Å². The Kier molecular flexibility index (Phi) is 7.14. The maximum atomic E-state index is 11.1. The van der Waals surface area contributed by atoms with E-state index in [9.17, 15) is 14.4 Å². The van der Waals surface area contributed by atoms with Crippen molar-refractivity contribution in [1.82, 2.24) is 0 Å². The van der Waals surface area contributed by atoms with Gasteiger partial charge in [-0.25, -0.2) is 0 Å². The average molecular weight is 302 g/mol. The summed E-state index contributed by atoms with van der Waals surface area (Å²) < 4.78 is 20.5. The van der Waals surface area contributed by atoms with Gasteiger partial charge in [0.15, 0.2) is 0 Å². The van der Waals surface area contributed by atoms with E-state index in [1.807, 2.05) is 0 Å². The molecule has 0 radical (unpaired) electrons. The zero-order chi connectivity index (χ0) is 15.8. The third-order valence-electron chi connectivity index (χ3n) is 3.22. The lowest BCUT2D eigenvalue weighted by atomic mass is 9.98. The van der Waals surface area contributed by atoms with Crippen LogP contribution < -0.4 is 0 Å². The minimum Gasteiger partial charge on any atom is -0.469 e. The molecular weight excluding hydrogens is 280 g/mol. The van der Waals surface area contributed by atoms with Gasteiger partial charge in [-0.05, 0) is 19.3 Å². The van der Waals surface area contributed by atoms with Crippen LogP contribution in [0.2, 0.25) is 0 Å². The van der Waals surface area contributed by atoms with Gasteiger partial charge in [0.05, 0.1) is 13.2 Å². The van der Waals surface area contributed by atoms with Crippen molar-refractivity contribution >= 4 is 17.9 Å². The van der Waals surface area contributed by atoms with Crippen LogP contribution in [0.3, 0.4) is 0 Å². The van der Waals surface area contributed by atoms with Gasteiger partial charge >= 0.3 is 17.9 Å². The third kappa shape index (κ3) is 6.57. The first-order chi connectivity index (χ1) is 9.92. The van der Waals surface area contributed by atoms with E-state index in [-0.39, 0.29) is 25.1 Å². The second kappa shape index (κ2) is 8.61. The van der Waals surface area contributed by atoms with Crippen molar-refractivity contribution < 1.29 is 33.3 Å². The minimum atomic E-state index is -0.505. The molecule has 7 nitrogen and oxygen atoms in total. The van der Waals surface area contributed by atoms with Crippen LogP contribution in [0.15, 0.2) is 0 Å². The van der Waals surface area contributed by atoms with E-state index in [2.05, 4.69) is 4.74 Å². The highest BCUT2D eigenvalue weighted by molar-refractivity contribution is 5.69. The Bertz CT molecular complexity index is 380. The Hall–Kier alpha value is -1.63. The molecule has 0 amide bonds. The molecule has 0 saturated carbocycles. The topological polar surface area (TPSA) is 88.1 Å². The van der Waals surface area contributed by atoms with Crippen LogP contribution in [0.5, 0.6) is 0 Å². The number of carbonyl (C=O) groups excluding carboxylic acids is 3. The maximum Gasteiger partial charge on any atom is 0.305 e. The Morgan fingerprint density at radius 2 is 1.86 bits per heavy atom. The van der Waals surface area contributed by atoms with Crippen molar-refractivity contribution in [2.45, 2.75) is 57.8 Å². The van der Waals surface area contributed by atoms with Crippen molar-refractivity contribution in [3.8, 4) is 0 Å². The summed E-state index contributed by atoms with van der Waals surface area (Å²) in [5.74, 6) is -1.11. The van der Waals surface area contributed by atoms with Gasteiger partial charge in [-0.1, -0.05) is 0 Å². The zero-order valence-electron chi connectivity index (χ0n) is 12.6. The predicted octanol–water partition coefficient (Wildman–Crippen LogP) is 0.982. The van der Waals surface area contributed by atoms with Crippen LogP contribution >= 0.6 is 0 Å². The highest BCUT2D eigenvalue weighted by atomic mass is 16.6. The van der Waals surface area contributed by atoms with Crippen molar-refractivity contribution in [2.24, 2.45) is 0 Å². The Balaban J connectivity index is 2.53. The van der Waals surface area contributed by atoms with Gasteiger partial charge in [0, 0.05) is 20.3 Å². The molecule has 0 aromatic carbocycles. The first-order valence-electron chi connectivity index (χ1n) is 6.95. The molecule has 1 fully saturated rings. The number of hydrogen-bond acceptors (Lipinski definition) is 7. The van der Waals surface area contributed by atoms with Gasteiger partial charge in [-0.15, -0.1) is 0 Å². The molecule has 0 aromatic rings. The average Bonchev–Trinajstić information content (AvgIpc) is 2.43. The van der Waals surface area contributed by atoms with E-state index in [4.69, 9.17) is 14.2 Å². The Labute approximate surface area is 123 Å². The van der Waals surface area contributed by atoms with Crippen molar-refractivity contribution in [3.63, 3.8) is 0 Å². The molecule has 7 heteroatoms. The van der Waals surface area contributed by atoms with Crippen LogP contribution in [0, 0.1) is 0 Å². The summed E-state index contributed by atoms with van der Waals surface area (Å²) in [5, 5.41) is 0. The number of methoxy groups -OCH3 is 1. The summed E-state index contributed by atoms with van der Waals surface area (Å²) in [6, 6.07) is 0. The Morgan fingerprint density at radius 1 is 1.14 bits per heavy atom. The first kappa shape index (κ1) is 17.4. The maximum absolute atomic E-state index is 11.1. The van der Waals surface area contributed by atoms with Crippen molar-refractivity contribution in [2.75, 3.05) is 13.7 Å². The molecular formula is C14H22O7. The summed E-state index contributed by atoms with van der Waals surface area (Å²) in [5.41, 5.74) is 0. The highest BCUT2D eigenvalue weighted by Crippen LogP contribution is 2.25. The van der Waals surface area contributed by atoms with Gasteiger partial charge in [0.25, 0.3) is 0 Å². The van der Waals surface area contributed by atoms with E-state index in [1.54, 1.807) is 0 Å². The highest BCUT2D eigenvalue weighted by Gasteiger charge is 2.34. The van der Waals surface area contributed by atoms with Gasteiger partial charge in [-0.2, -0.15) is 0 Å². The third-order valence-corrected chi connectivity index (χ3v) is 3.22. The lowest BCUT2D eigenvalue weighted by Gasteiger charge is -2.35. The summed E-state index contributed by atoms with van der Waals surface area (Å²) >= 11 is 0. The number of hydrogen-bond donors (Lipinski definition) is 0. The number of rotatable bonds is 6. The molecule has 1 rings (SSSR count). The van der Waals surface area contributed by atoms with Gasteiger partial charge < -0.3 is 18.9 Å². The number of ether oxygens (including phenoxy) is 4. The Morgan fingerprint density at radius 3 is 2.43 bits per heavy atom. The smallest absolute Gasteiger partial charge is 0.305 e. The van der Waals surface area contributed by atoms with Crippen LogP contribution in [-0.2, 0) is 33.3 Å². The second-order valence-electron chi connectivity index (χ2n) is 4.94. The summed E-state index contributed by atoms with van der Waals surface area (Å²) in [4.78, 5) is 33.1. The first-order valence-corrected chi connectivity index (χ1v) is 6.95. The molecule has 0 N–H and O–H groups in total. The van der Waals surface area contributed by atoms with E-state index in [1.165, 1.54) is 21.0 Å². The molecule has 1 saturated heterocycles. The lowest BCUT2D eigenvalue weighted by Crippen LogP contribution is -2.44. The monoisotopic (exact) mass is 302 g/mol. The summed E-state index contributed by atoms with van der Waals surface area (Å²) in [6.07, 6.45) is 0.986. The molecule has 120 valence electrons. The fourth-order valence-corrected chi connectivity index (χ4v) is 2.23. The largest absolute Gasteiger partial charge is 0.469 e. The van der Waals surface area contributed by atoms with Crippen LogP contribution in [0.25, 0.3) is 0 Å². The molecule has 1 aliphatic heterocycles. The fourth-order valence-electron chi connectivity index (χ4n) is 2.23. The van der Waals surface area contributed by atoms with E-state index in [0.717, 1.165) is 0 Å². The minimum absolute atomic E-state index is 0.0298. The molecule has 3 atom stereocenters. The normalized spacial score (nSPS) is 25.0. The van der Waals surface area contributed by atoms with Gasteiger partial charge in [-0.3, -0.25) is 14.4 Å². The standard InChI is InChI=1S/C14H22O7/c1-9(15)19-8-13-12(20-10(2)16)6-4-11(21-13)5-7-14(17)18-3/h11-13H,4-8H2,1-3H3/t11-,12+,13-/m1/s1. The second-order valence-corrected chi connectivity index (χ2v) is 4.94. The number of carbonyl (C=O) groups is 3. The lowest BCUT2D eigenvalue weighted by molar-refractivity contribution is -0.181. The molecule has 0 spiro atoms. The quantitative estimate of drug-likeness (QED) is 0.534. The van der Waals surface area contributed by atoms with E-state index >= 15 is 0 Å². The molecule has 1 aliphatic rings. The van der Waals surface area contributed by atoms with E-state index < -0.39 is 24.1 Å². The zero-order valence-corrected chi connectivity index (χ0v) is 12.6. The summed E-state index contributed by atoms with van der Waals surface area (Å²) in [6.45, 7) is 2.66. The van der Waals surface area contributed by atoms with Crippen LogP contribution in [0.1, 0.15) is 39.5 Å². The molecule has 1 heterocycles. The van der Waals surface area contributed by atoms with Crippen molar-refractivity contribution in [3.05, 3.63) is 0 Å².